The predicted octanol–water partition coefficient (Wildman–Crippen LogP) is 3.74. The van der Waals surface area contributed by atoms with Gasteiger partial charge < -0.3 is 10.1 Å². The van der Waals surface area contributed by atoms with Gasteiger partial charge in [0.25, 0.3) is 0 Å². The van der Waals surface area contributed by atoms with E-state index in [1.165, 1.54) is 6.92 Å². The molecule has 1 N–H and O–H groups in total. The molecule has 21 heavy (non-hydrogen) atoms. The first-order valence-electron chi connectivity index (χ1n) is 6.26. The van der Waals surface area contributed by atoms with Crippen molar-refractivity contribution < 1.29 is 14.3 Å². The molecule has 0 fully saturated rings. The molecule has 1 amide bonds. The third-order valence-electron chi connectivity index (χ3n) is 2.61. The van der Waals surface area contributed by atoms with Gasteiger partial charge in [0.1, 0.15) is 5.75 Å². The highest BCUT2D eigenvalue weighted by atomic mass is 35.6. The number of carbonyl (C=O) groups excluding carboxylic acids is 2. The molecule has 0 saturated carbocycles. The summed E-state index contributed by atoms with van der Waals surface area (Å²) in [5.74, 6) is -0.261. The molecule has 116 valence electrons. The fraction of sp³-hybridized carbons (Fsp3) is 0.429. The second-order valence-electron chi connectivity index (χ2n) is 4.78. The molecule has 1 aromatic rings. The average molecular weight is 353 g/mol. The Bertz CT molecular complexity index is 509. The monoisotopic (exact) mass is 351 g/mol. The van der Waals surface area contributed by atoms with E-state index in [0.717, 1.165) is 0 Å². The van der Waals surface area contributed by atoms with Crippen LogP contribution in [0.2, 0.25) is 0 Å². The number of rotatable bonds is 5. The smallest absolute Gasteiger partial charge is 0.246 e. The Balaban J connectivity index is 2.86. The molecule has 0 heterocycles. The minimum absolute atomic E-state index is 0.0624. The predicted molar refractivity (Wildman–Crippen MR) is 84.1 cm³/mol. The number of ketones is 1. The summed E-state index contributed by atoms with van der Waals surface area (Å²) >= 11 is 17.4. The van der Waals surface area contributed by atoms with Crippen molar-refractivity contribution in [3.05, 3.63) is 29.8 Å². The highest BCUT2D eigenvalue weighted by molar-refractivity contribution is 6.68. The molecule has 7 heteroatoms. The molecule has 0 aromatic heterocycles. The molecular formula is C14H16Cl3NO3. The summed E-state index contributed by atoms with van der Waals surface area (Å²) in [6.45, 7) is 4.89. The van der Waals surface area contributed by atoms with Crippen LogP contribution in [-0.4, -0.2) is 21.7 Å². The molecule has 0 radical (unpaired) electrons. The van der Waals surface area contributed by atoms with Gasteiger partial charge >= 0.3 is 0 Å². The van der Waals surface area contributed by atoms with E-state index < -0.39 is 10.0 Å². The lowest BCUT2D eigenvalue weighted by Crippen LogP contribution is -2.49. The fourth-order valence-electron chi connectivity index (χ4n) is 1.38. The van der Waals surface area contributed by atoms with Crippen LogP contribution in [0.1, 0.15) is 31.1 Å². The molecule has 0 spiro atoms. The van der Waals surface area contributed by atoms with Crippen molar-refractivity contribution in [1.82, 2.24) is 5.32 Å². The molecule has 1 aromatic carbocycles. The van der Waals surface area contributed by atoms with E-state index in [0.29, 0.717) is 11.3 Å². The zero-order chi connectivity index (χ0) is 16.2. The first-order valence-corrected chi connectivity index (χ1v) is 7.39. The van der Waals surface area contributed by atoms with Crippen molar-refractivity contribution >= 4 is 46.5 Å². The first kappa shape index (κ1) is 18.1. The van der Waals surface area contributed by atoms with E-state index in [2.05, 4.69) is 5.32 Å². The van der Waals surface area contributed by atoms with Gasteiger partial charge in [-0.2, -0.15) is 0 Å². The molecular weight excluding hydrogens is 337 g/mol. The van der Waals surface area contributed by atoms with E-state index in [9.17, 15) is 9.59 Å². The summed E-state index contributed by atoms with van der Waals surface area (Å²) in [4.78, 5) is 22.9. The van der Waals surface area contributed by atoms with E-state index in [1.54, 1.807) is 38.1 Å². The van der Waals surface area contributed by atoms with Crippen LogP contribution in [-0.2, 0) is 4.79 Å². The van der Waals surface area contributed by atoms with Crippen molar-refractivity contribution in [2.24, 2.45) is 5.92 Å². The lowest BCUT2D eigenvalue weighted by molar-refractivity contribution is -0.126. The van der Waals surface area contributed by atoms with Crippen molar-refractivity contribution in [2.75, 3.05) is 0 Å². The van der Waals surface area contributed by atoms with Gasteiger partial charge in [0.15, 0.2) is 5.78 Å². The quantitative estimate of drug-likeness (QED) is 0.499. The molecule has 0 bridgehead atoms. The van der Waals surface area contributed by atoms with E-state index in [1.807, 2.05) is 0 Å². The van der Waals surface area contributed by atoms with Crippen LogP contribution in [0, 0.1) is 5.92 Å². The number of nitrogens with one attached hydrogen (secondary N) is 1. The van der Waals surface area contributed by atoms with Gasteiger partial charge in [-0.3, -0.25) is 9.59 Å². The minimum atomic E-state index is -1.83. The van der Waals surface area contributed by atoms with Gasteiger partial charge in [0.2, 0.25) is 15.9 Å². The SMILES string of the molecule is CC(=O)c1ccc(OC(NC(=O)C(C)C)C(Cl)(Cl)Cl)cc1. The number of benzene rings is 1. The van der Waals surface area contributed by atoms with Crippen molar-refractivity contribution in [2.45, 2.75) is 30.8 Å². The number of hydrogen-bond donors (Lipinski definition) is 1. The zero-order valence-corrected chi connectivity index (χ0v) is 14.1. The molecule has 1 atom stereocenters. The summed E-state index contributed by atoms with van der Waals surface area (Å²) in [5.41, 5.74) is 0.541. The Kier molecular flexibility index (Phi) is 6.32. The standard InChI is InChI=1S/C14H16Cl3NO3/c1-8(2)12(20)18-13(14(15,16)17)21-11-6-4-10(5-7-11)9(3)19/h4-8,13H,1-3H3,(H,18,20). The van der Waals surface area contributed by atoms with Crippen LogP contribution in [0.25, 0.3) is 0 Å². The molecule has 0 saturated heterocycles. The maximum atomic E-state index is 11.7. The van der Waals surface area contributed by atoms with Crippen LogP contribution in [0.3, 0.4) is 0 Å². The summed E-state index contributed by atoms with van der Waals surface area (Å²) in [5, 5.41) is 2.52. The molecule has 1 rings (SSSR count). The number of hydrogen-bond acceptors (Lipinski definition) is 3. The lowest BCUT2D eigenvalue weighted by atomic mass is 10.1. The lowest BCUT2D eigenvalue weighted by Gasteiger charge is -2.27. The molecule has 0 aliphatic carbocycles. The summed E-state index contributed by atoms with van der Waals surface area (Å²) in [7, 11) is 0. The molecule has 1 unspecified atom stereocenters. The van der Waals surface area contributed by atoms with Gasteiger partial charge in [0.05, 0.1) is 0 Å². The number of carbonyl (C=O) groups is 2. The molecule has 0 aliphatic heterocycles. The number of amides is 1. The first-order chi connectivity index (χ1) is 9.61. The number of ether oxygens (including phenoxy) is 1. The minimum Gasteiger partial charge on any atom is -0.466 e. The van der Waals surface area contributed by atoms with Gasteiger partial charge in [-0.05, 0) is 31.2 Å². The van der Waals surface area contributed by atoms with Crippen molar-refractivity contribution in [1.29, 1.82) is 0 Å². The van der Waals surface area contributed by atoms with Crippen molar-refractivity contribution in [3.63, 3.8) is 0 Å². The number of alkyl halides is 3. The third kappa shape index (κ3) is 5.73. The van der Waals surface area contributed by atoms with Gasteiger partial charge in [-0.25, -0.2) is 0 Å². The van der Waals surface area contributed by atoms with E-state index in [-0.39, 0.29) is 17.6 Å². The second kappa shape index (κ2) is 7.34. The van der Waals surface area contributed by atoms with Crippen LogP contribution in [0.15, 0.2) is 24.3 Å². The third-order valence-corrected chi connectivity index (χ3v) is 3.20. The van der Waals surface area contributed by atoms with E-state index >= 15 is 0 Å². The van der Waals surface area contributed by atoms with Gasteiger partial charge in [-0.1, -0.05) is 48.7 Å². The summed E-state index contributed by atoms with van der Waals surface area (Å²) in [6.07, 6.45) is -1.14. The highest BCUT2D eigenvalue weighted by Gasteiger charge is 2.36. The van der Waals surface area contributed by atoms with Gasteiger partial charge in [0, 0.05) is 11.5 Å². The Hall–Kier alpha value is -0.970. The second-order valence-corrected chi connectivity index (χ2v) is 7.15. The molecule has 0 aliphatic rings. The Morgan fingerprint density at radius 3 is 2.05 bits per heavy atom. The number of Topliss-reactive ketones (excluding diaryl/α,β-unsaturated/α-hetero) is 1. The van der Waals surface area contributed by atoms with Crippen LogP contribution in [0.5, 0.6) is 5.75 Å². The van der Waals surface area contributed by atoms with Crippen LogP contribution in [0.4, 0.5) is 0 Å². The number of halogens is 3. The highest BCUT2D eigenvalue weighted by Crippen LogP contribution is 2.32. The normalized spacial score (nSPS) is 12.9. The maximum Gasteiger partial charge on any atom is 0.246 e. The summed E-state index contributed by atoms with van der Waals surface area (Å²) < 4.78 is 3.67. The maximum absolute atomic E-state index is 11.7. The Morgan fingerprint density at radius 2 is 1.67 bits per heavy atom. The van der Waals surface area contributed by atoms with Crippen molar-refractivity contribution in [3.8, 4) is 5.75 Å². The Labute approximate surface area is 138 Å². The Morgan fingerprint density at radius 1 is 1.14 bits per heavy atom. The average Bonchev–Trinajstić information content (AvgIpc) is 2.37. The molecule has 4 nitrogen and oxygen atoms in total. The van der Waals surface area contributed by atoms with E-state index in [4.69, 9.17) is 39.5 Å². The van der Waals surface area contributed by atoms with Crippen LogP contribution < -0.4 is 10.1 Å². The summed E-state index contributed by atoms with van der Waals surface area (Å²) in [6, 6.07) is 6.33. The van der Waals surface area contributed by atoms with Gasteiger partial charge in [-0.15, -0.1) is 0 Å². The zero-order valence-electron chi connectivity index (χ0n) is 11.8. The van der Waals surface area contributed by atoms with Crippen LogP contribution >= 0.6 is 34.8 Å². The largest absolute Gasteiger partial charge is 0.466 e. The topological polar surface area (TPSA) is 55.4 Å². The fourth-order valence-corrected chi connectivity index (χ4v) is 1.68.